The Bertz CT molecular complexity index is 735. The summed E-state index contributed by atoms with van der Waals surface area (Å²) in [5, 5.41) is 20.2. The van der Waals surface area contributed by atoms with Crippen molar-refractivity contribution in [3.05, 3.63) is 43.9 Å². The molecule has 2 N–H and O–H groups in total. The molecule has 2 aromatic rings. The standard InChI is InChI=1S/C12H13N5O4S/c1-7-11(17(19)20)8(2)16(14-7)6-10(13)15-21-12(18)9-4-3-5-22-9/h3-5H,6H2,1-2H3,(H2,13,15). The number of nitro groups is 1. The van der Waals surface area contributed by atoms with Crippen molar-refractivity contribution in [3.8, 4) is 0 Å². The molecular formula is C12H13N5O4S. The van der Waals surface area contributed by atoms with E-state index in [0.29, 0.717) is 10.6 Å². The van der Waals surface area contributed by atoms with Gasteiger partial charge in [-0.3, -0.25) is 14.8 Å². The number of aryl methyl sites for hydroxylation is 1. The molecule has 0 saturated heterocycles. The summed E-state index contributed by atoms with van der Waals surface area (Å²) in [6, 6.07) is 3.31. The van der Waals surface area contributed by atoms with Crippen LogP contribution in [0, 0.1) is 24.0 Å². The number of aromatic nitrogens is 2. The van der Waals surface area contributed by atoms with E-state index in [2.05, 4.69) is 10.3 Å². The molecule has 116 valence electrons. The molecule has 2 heterocycles. The van der Waals surface area contributed by atoms with Crippen molar-refractivity contribution < 1.29 is 14.6 Å². The van der Waals surface area contributed by atoms with Crippen LogP contribution >= 0.6 is 11.3 Å². The molecular weight excluding hydrogens is 310 g/mol. The number of carbonyl (C=O) groups is 1. The van der Waals surface area contributed by atoms with E-state index in [-0.39, 0.29) is 23.8 Å². The molecule has 0 aliphatic heterocycles. The first-order valence-corrected chi connectivity index (χ1v) is 7.03. The van der Waals surface area contributed by atoms with Crippen LogP contribution in [0.3, 0.4) is 0 Å². The number of oxime groups is 1. The smallest absolute Gasteiger partial charge is 0.375 e. The van der Waals surface area contributed by atoms with E-state index in [1.807, 2.05) is 0 Å². The zero-order valence-electron chi connectivity index (χ0n) is 11.8. The lowest BCUT2D eigenvalue weighted by molar-refractivity contribution is -0.386. The number of rotatable bonds is 5. The summed E-state index contributed by atoms with van der Waals surface area (Å²) in [4.78, 5) is 27.1. The van der Waals surface area contributed by atoms with E-state index in [1.54, 1.807) is 24.4 Å². The quantitative estimate of drug-likeness (QED) is 0.293. The summed E-state index contributed by atoms with van der Waals surface area (Å²) in [7, 11) is 0. The van der Waals surface area contributed by atoms with E-state index in [9.17, 15) is 14.9 Å². The van der Waals surface area contributed by atoms with Crippen LogP contribution < -0.4 is 5.73 Å². The van der Waals surface area contributed by atoms with Gasteiger partial charge >= 0.3 is 11.7 Å². The van der Waals surface area contributed by atoms with E-state index >= 15 is 0 Å². The minimum atomic E-state index is -0.614. The van der Waals surface area contributed by atoms with Crippen molar-refractivity contribution in [1.82, 2.24) is 9.78 Å². The monoisotopic (exact) mass is 323 g/mol. The van der Waals surface area contributed by atoms with Gasteiger partial charge in [-0.25, -0.2) is 4.79 Å². The highest BCUT2D eigenvalue weighted by atomic mass is 32.1. The van der Waals surface area contributed by atoms with Gasteiger partial charge in [-0.1, -0.05) is 11.2 Å². The Morgan fingerprint density at radius 1 is 1.59 bits per heavy atom. The molecule has 2 aromatic heterocycles. The number of nitrogens with two attached hydrogens (primary N) is 1. The maximum Gasteiger partial charge on any atom is 0.375 e. The maximum absolute atomic E-state index is 11.6. The number of carbonyl (C=O) groups excluding carboxylic acids is 1. The fourth-order valence-corrected chi connectivity index (χ4v) is 2.42. The topological polar surface area (TPSA) is 126 Å². The lowest BCUT2D eigenvalue weighted by atomic mass is 10.3. The van der Waals surface area contributed by atoms with Gasteiger partial charge in [0.05, 0.1) is 4.92 Å². The second-order valence-electron chi connectivity index (χ2n) is 4.37. The van der Waals surface area contributed by atoms with Gasteiger partial charge in [0.1, 0.15) is 22.8 Å². The van der Waals surface area contributed by atoms with E-state index in [1.165, 1.54) is 22.9 Å². The highest BCUT2D eigenvalue weighted by Crippen LogP contribution is 2.21. The van der Waals surface area contributed by atoms with Crippen LogP contribution in [0.5, 0.6) is 0 Å². The second kappa shape index (κ2) is 6.35. The first-order chi connectivity index (χ1) is 10.4. The molecule has 0 bridgehead atoms. The number of hydrogen-bond acceptors (Lipinski definition) is 7. The average molecular weight is 323 g/mol. The Hall–Kier alpha value is -2.75. The minimum Gasteiger partial charge on any atom is -0.383 e. The Morgan fingerprint density at radius 2 is 2.32 bits per heavy atom. The molecule has 0 aliphatic carbocycles. The molecule has 0 radical (unpaired) electrons. The van der Waals surface area contributed by atoms with E-state index < -0.39 is 10.9 Å². The van der Waals surface area contributed by atoms with Crippen molar-refractivity contribution in [2.75, 3.05) is 0 Å². The molecule has 9 nitrogen and oxygen atoms in total. The molecule has 0 saturated carbocycles. The van der Waals surface area contributed by atoms with Crippen molar-refractivity contribution in [2.24, 2.45) is 10.9 Å². The minimum absolute atomic E-state index is 0.0156. The van der Waals surface area contributed by atoms with E-state index in [4.69, 9.17) is 10.6 Å². The molecule has 10 heteroatoms. The van der Waals surface area contributed by atoms with Gasteiger partial charge in [0, 0.05) is 0 Å². The van der Waals surface area contributed by atoms with Gasteiger partial charge in [-0.15, -0.1) is 11.3 Å². The lowest BCUT2D eigenvalue weighted by Gasteiger charge is -2.02. The largest absolute Gasteiger partial charge is 0.383 e. The first kappa shape index (κ1) is 15.6. The summed E-state index contributed by atoms with van der Waals surface area (Å²) >= 11 is 1.22. The summed E-state index contributed by atoms with van der Waals surface area (Å²) in [5.41, 5.74) is 6.23. The molecule has 0 aliphatic rings. The molecule has 0 unspecified atom stereocenters. The lowest BCUT2D eigenvalue weighted by Crippen LogP contribution is -2.22. The van der Waals surface area contributed by atoms with Crippen molar-refractivity contribution in [2.45, 2.75) is 20.4 Å². The van der Waals surface area contributed by atoms with Gasteiger partial charge in [0.15, 0.2) is 5.84 Å². The summed E-state index contributed by atoms with van der Waals surface area (Å²) < 4.78 is 1.34. The summed E-state index contributed by atoms with van der Waals surface area (Å²) in [6.45, 7) is 3.08. The van der Waals surface area contributed by atoms with Crippen molar-refractivity contribution in [3.63, 3.8) is 0 Å². The van der Waals surface area contributed by atoms with Crippen LogP contribution in [0.15, 0.2) is 22.7 Å². The maximum atomic E-state index is 11.6. The molecule has 0 fully saturated rings. The first-order valence-electron chi connectivity index (χ1n) is 6.15. The summed E-state index contributed by atoms with van der Waals surface area (Å²) in [5.74, 6) is -0.636. The molecule has 0 aromatic carbocycles. The second-order valence-corrected chi connectivity index (χ2v) is 5.32. The SMILES string of the molecule is Cc1nn(C/C(N)=N\OC(=O)c2cccs2)c(C)c1[N+](=O)[O-]. The van der Waals surface area contributed by atoms with Gasteiger partial charge in [-0.05, 0) is 25.3 Å². The highest BCUT2D eigenvalue weighted by molar-refractivity contribution is 7.11. The van der Waals surface area contributed by atoms with Crippen LogP contribution in [0.4, 0.5) is 5.69 Å². The predicted molar refractivity (Wildman–Crippen MR) is 79.7 cm³/mol. The third-order valence-electron chi connectivity index (χ3n) is 2.81. The zero-order valence-corrected chi connectivity index (χ0v) is 12.7. The van der Waals surface area contributed by atoms with Crippen LogP contribution in [-0.4, -0.2) is 26.5 Å². The fourth-order valence-electron chi connectivity index (χ4n) is 1.83. The Morgan fingerprint density at radius 3 is 2.86 bits per heavy atom. The van der Waals surface area contributed by atoms with Gasteiger partial charge in [0.25, 0.3) is 0 Å². The number of amidine groups is 1. The van der Waals surface area contributed by atoms with Crippen LogP contribution in [-0.2, 0) is 11.4 Å². The number of thiophene rings is 1. The third kappa shape index (κ3) is 3.28. The van der Waals surface area contributed by atoms with Crippen LogP contribution in [0.25, 0.3) is 0 Å². The van der Waals surface area contributed by atoms with Gasteiger partial charge in [-0.2, -0.15) is 5.10 Å². The molecule has 0 atom stereocenters. The Kier molecular flexibility index (Phi) is 4.51. The van der Waals surface area contributed by atoms with Crippen molar-refractivity contribution in [1.29, 1.82) is 0 Å². The Labute approximate surface area is 129 Å². The zero-order chi connectivity index (χ0) is 16.3. The van der Waals surface area contributed by atoms with E-state index in [0.717, 1.165) is 0 Å². The fraction of sp³-hybridized carbons (Fsp3) is 0.250. The van der Waals surface area contributed by atoms with Gasteiger partial charge in [0.2, 0.25) is 0 Å². The molecule has 22 heavy (non-hydrogen) atoms. The normalized spacial score (nSPS) is 11.5. The number of hydrogen-bond donors (Lipinski definition) is 1. The molecule has 0 spiro atoms. The molecule has 0 amide bonds. The highest BCUT2D eigenvalue weighted by Gasteiger charge is 2.22. The van der Waals surface area contributed by atoms with Crippen LogP contribution in [0.2, 0.25) is 0 Å². The summed E-state index contributed by atoms with van der Waals surface area (Å²) in [6.07, 6.45) is 0. The Balaban J connectivity index is 2.07. The third-order valence-corrected chi connectivity index (χ3v) is 3.66. The van der Waals surface area contributed by atoms with Crippen LogP contribution in [0.1, 0.15) is 21.1 Å². The number of nitrogens with zero attached hydrogens (tertiary/aromatic N) is 4. The molecule has 2 rings (SSSR count). The predicted octanol–water partition coefficient (Wildman–Crippen LogP) is 1.60. The van der Waals surface area contributed by atoms with Gasteiger partial charge < -0.3 is 10.6 Å². The average Bonchev–Trinajstić information content (AvgIpc) is 3.05. The van der Waals surface area contributed by atoms with Crippen molar-refractivity contribution >= 4 is 28.8 Å².